The molecule has 0 aliphatic heterocycles. The number of hydrogen-bond donors (Lipinski definition) is 0. The van der Waals surface area contributed by atoms with Crippen molar-refractivity contribution >= 4 is 0 Å². The van der Waals surface area contributed by atoms with E-state index in [-0.39, 0.29) is 0 Å². The zero-order chi connectivity index (χ0) is 13.3. The topological polar surface area (TPSA) is 0 Å². The predicted molar refractivity (Wildman–Crippen MR) is 84.5 cm³/mol. The fraction of sp³-hybridized carbons (Fsp3) is 0.500. The lowest BCUT2D eigenvalue weighted by Crippen LogP contribution is -1.70. The lowest BCUT2D eigenvalue weighted by atomic mass is 10.2. The molecule has 0 heteroatoms. The maximum Gasteiger partial charge on any atom is -0.0169 e. The van der Waals surface area contributed by atoms with Crippen LogP contribution in [-0.4, -0.2) is 0 Å². The van der Waals surface area contributed by atoms with Gasteiger partial charge in [-0.25, -0.2) is 0 Å². The van der Waals surface area contributed by atoms with Crippen LogP contribution in [-0.2, 0) is 0 Å². The van der Waals surface area contributed by atoms with Gasteiger partial charge in [0, 0.05) is 0 Å². The van der Waals surface area contributed by atoms with E-state index in [4.69, 9.17) is 0 Å². The summed E-state index contributed by atoms with van der Waals surface area (Å²) < 4.78 is 0. The highest BCUT2D eigenvalue weighted by Gasteiger charge is 1.80. The van der Waals surface area contributed by atoms with Gasteiger partial charge in [0.05, 0.1) is 0 Å². The molecule has 0 nitrogen and oxygen atoms in total. The summed E-state index contributed by atoms with van der Waals surface area (Å²) in [6.45, 7) is 6.00. The lowest BCUT2D eigenvalue weighted by Gasteiger charge is -1.90. The SMILES string of the molecule is [CH2]CCCC/C=C\C/C=C\C/C=C\C/C=C\CC. The van der Waals surface area contributed by atoms with E-state index in [0.29, 0.717) is 0 Å². The second-order valence-corrected chi connectivity index (χ2v) is 4.35. The molecule has 18 heavy (non-hydrogen) atoms. The molecule has 0 heterocycles. The number of unbranched alkanes of at least 4 members (excludes halogenated alkanes) is 3. The second-order valence-electron chi connectivity index (χ2n) is 4.35. The molecule has 0 N–H and O–H groups in total. The standard InChI is InChI=1S/C18H29/c1-3-5-7-9-11-13-15-17-18-16-14-12-10-8-6-4-2/h6,8,11-14,17-18H,1,3-5,7,9-10,15-16H2,2H3/b8-6-,13-11-,14-12-,18-17-. The summed E-state index contributed by atoms with van der Waals surface area (Å²) in [6, 6.07) is 0. The third kappa shape index (κ3) is 15.0. The van der Waals surface area contributed by atoms with Crippen molar-refractivity contribution in [2.24, 2.45) is 0 Å². The average molecular weight is 245 g/mol. The van der Waals surface area contributed by atoms with Gasteiger partial charge < -0.3 is 0 Å². The van der Waals surface area contributed by atoms with Gasteiger partial charge in [0.25, 0.3) is 0 Å². The Balaban J connectivity index is 3.34. The first-order chi connectivity index (χ1) is 8.91. The molecule has 0 atom stereocenters. The van der Waals surface area contributed by atoms with Crippen LogP contribution in [0, 0.1) is 6.92 Å². The fourth-order valence-electron chi connectivity index (χ4n) is 1.54. The van der Waals surface area contributed by atoms with E-state index in [1.807, 2.05) is 0 Å². The first kappa shape index (κ1) is 17.0. The van der Waals surface area contributed by atoms with Crippen LogP contribution >= 0.6 is 0 Å². The smallest absolute Gasteiger partial charge is 0.0169 e. The largest absolute Gasteiger partial charge is 0.0885 e. The summed E-state index contributed by atoms with van der Waals surface area (Å²) in [5.74, 6) is 0. The quantitative estimate of drug-likeness (QED) is 0.301. The van der Waals surface area contributed by atoms with Gasteiger partial charge in [0.2, 0.25) is 0 Å². The molecule has 0 aromatic heterocycles. The minimum atomic E-state index is 1.05. The summed E-state index contributed by atoms with van der Waals surface area (Å²) in [7, 11) is 0. The molecule has 0 amide bonds. The Morgan fingerprint density at radius 3 is 1.67 bits per heavy atom. The van der Waals surface area contributed by atoms with E-state index in [1.165, 1.54) is 19.3 Å². The van der Waals surface area contributed by atoms with Crippen molar-refractivity contribution in [3.8, 4) is 0 Å². The zero-order valence-electron chi connectivity index (χ0n) is 12.0. The molecule has 0 bridgehead atoms. The van der Waals surface area contributed by atoms with Gasteiger partial charge in [-0.3, -0.25) is 0 Å². The zero-order valence-corrected chi connectivity index (χ0v) is 12.0. The third-order valence-electron chi connectivity index (χ3n) is 2.59. The van der Waals surface area contributed by atoms with Crippen LogP contribution in [0.25, 0.3) is 0 Å². The molecule has 0 aliphatic rings. The Hall–Kier alpha value is -1.04. The van der Waals surface area contributed by atoms with E-state index < -0.39 is 0 Å². The van der Waals surface area contributed by atoms with Crippen LogP contribution in [0.3, 0.4) is 0 Å². The van der Waals surface area contributed by atoms with Gasteiger partial charge in [-0.15, -0.1) is 0 Å². The Bertz CT molecular complexity index is 253. The first-order valence-electron chi connectivity index (χ1n) is 7.31. The molecule has 0 saturated heterocycles. The van der Waals surface area contributed by atoms with Crippen molar-refractivity contribution in [3.05, 3.63) is 55.5 Å². The van der Waals surface area contributed by atoms with Gasteiger partial charge in [-0.2, -0.15) is 0 Å². The van der Waals surface area contributed by atoms with E-state index in [0.717, 1.165) is 32.1 Å². The van der Waals surface area contributed by atoms with Crippen molar-refractivity contribution in [2.45, 2.75) is 58.3 Å². The molecule has 0 unspecified atom stereocenters. The van der Waals surface area contributed by atoms with Crippen LogP contribution in [0.15, 0.2) is 48.6 Å². The normalized spacial score (nSPS) is 12.8. The number of rotatable bonds is 11. The van der Waals surface area contributed by atoms with Gasteiger partial charge in [0.1, 0.15) is 0 Å². The molecule has 0 aromatic rings. The van der Waals surface area contributed by atoms with Crippen LogP contribution in [0.1, 0.15) is 58.3 Å². The van der Waals surface area contributed by atoms with E-state index in [1.54, 1.807) is 0 Å². The monoisotopic (exact) mass is 245 g/mol. The molecule has 0 rings (SSSR count). The Labute approximate surface area is 114 Å². The maximum absolute atomic E-state index is 3.84. The minimum Gasteiger partial charge on any atom is -0.0885 e. The maximum atomic E-state index is 3.84. The van der Waals surface area contributed by atoms with Crippen molar-refractivity contribution in [3.63, 3.8) is 0 Å². The van der Waals surface area contributed by atoms with E-state index >= 15 is 0 Å². The number of allylic oxidation sites excluding steroid dienone is 8. The molecule has 1 radical (unpaired) electrons. The van der Waals surface area contributed by atoms with E-state index in [9.17, 15) is 0 Å². The highest BCUT2D eigenvalue weighted by molar-refractivity contribution is 4.99. The average Bonchev–Trinajstić information content (AvgIpc) is 2.39. The Kier molecular flexibility index (Phi) is 15.0. The molecule has 0 fully saturated rings. The van der Waals surface area contributed by atoms with Gasteiger partial charge in [-0.1, -0.05) is 75.3 Å². The Morgan fingerprint density at radius 2 is 1.17 bits per heavy atom. The summed E-state index contributed by atoms with van der Waals surface area (Å²) >= 11 is 0. The van der Waals surface area contributed by atoms with E-state index in [2.05, 4.69) is 62.5 Å². The first-order valence-corrected chi connectivity index (χ1v) is 7.31. The van der Waals surface area contributed by atoms with Crippen LogP contribution < -0.4 is 0 Å². The van der Waals surface area contributed by atoms with Crippen molar-refractivity contribution in [2.75, 3.05) is 0 Å². The van der Waals surface area contributed by atoms with Crippen LogP contribution in [0.5, 0.6) is 0 Å². The van der Waals surface area contributed by atoms with Crippen molar-refractivity contribution < 1.29 is 0 Å². The third-order valence-corrected chi connectivity index (χ3v) is 2.59. The molecular weight excluding hydrogens is 216 g/mol. The van der Waals surface area contributed by atoms with Crippen molar-refractivity contribution in [1.29, 1.82) is 0 Å². The number of hydrogen-bond acceptors (Lipinski definition) is 0. The second kappa shape index (κ2) is 16.0. The van der Waals surface area contributed by atoms with Gasteiger partial charge in [0.15, 0.2) is 0 Å². The Morgan fingerprint density at radius 1 is 0.667 bits per heavy atom. The summed E-state index contributed by atoms with van der Waals surface area (Å²) in [5.41, 5.74) is 0. The van der Waals surface area contributed by atoms with Crippen LogP contribution in [0.2, 0.25) is 0 Å². The highest BCUT2D eigenvalue weighted by atomic mass is 13.9. The highest BCUT2D eigenvalue weighted by Crippen LogP contribution is 2.00. The summed E-state index contributed by atoms with van der Waals surface area (Å²) in [5, 5.41) is 0. The fourth-order valence-corrected chi connectivity index (χ4v) is 1.54. The molecule has 101 valence electrons. The summed E-state index contributed by atoms with van der Waals surface area (Å²) in [4.78, 5) is 0. The molecular formula is C18H29. The predicted octanol–water partition coefficient (Wildman–Crippen LogP) is 6.19. The van der Waals surface area contributed by atoms with Crippen molar-refractivity contribution in [1.82, 2.24) is 0 Å². The van der Waals surface area contributed by atoms with Gasteiger partial charge >= 0.3 is 0 Å². The van der Waals surface area contributed by atoms with Crippen LogP contribution in [0.4, 0.5) is 0 Å². The lowest BCUT2D eigenvalue weighted by molar-refractivity contribution is 0.759. The molecule has 0 aromatic carbocycles. The molecule has 0 saturated carbocycles. The minimum absolute atomic E-state index is 1.05. The summed E-state index contributed by atoms with van der Waals surface area (Å²) in [6.07, 6.45) is 27.0. The molecule has 0 aliphatic carbocycles. The van der Waals surface area contributed by atoms with Gasteiger partial charge in [-0.05, 0) is 38.5 Å². The molecule has 0 spiro atoms.